The van der Waals surface area contributed by atoms with E-state index in [0.29, 0.717) is 0 Å². The fraction of sp³-hybridized carbons (Fsp3) is 0.500. The van der Waals surface area contributed by atoms with Gasteiger partial charge in [0.25, 0.3) is 0 Å². The van der Waals surface area contributed by atoms with Crippen LogP contribution < -0.4 is 0 Å². The zero-order valence-electron chi connectivity index (χ0n) is 9.66. The van der Waals surface area contributed by atoms with Crippen molar-refractivity contribution in [2.75, 3.05) is 0 Å². The van der Waals surface area contributed by atoms with Gasteiger partial charge in [0, 0.05) is 5.71 Å². The second kappa shape index (κ2) is 4.61. The summed E-state index contributed by atoms with van der Waals surface area (Å²) in [4.78, 5) is 4.73. The van der Waals surface area contributed by atoms with Crippen LogP contribution in [0.5, 0.6) is 0 Å². The molecule has 0 saturated heterocycles. The lowest BCUT2D eigenvalue weighted by Crippen LogP contribution is -2.12. The third-order valence-corrected chi connectivity index (χ3v) is 3.07. The van der Waals surface area contributed by atoms with Gasteiger partial charge < -0.3 is 0 Å². The molecule has 0 amide bonds. The number of benzene rings is 1. The summed E-state index contributed by atoms with van der Waals surface area (Å²) in [6.07, 6.45) is 5.06. The Morgan fingerprint density at radius 1 is 1.20 bits per heavy atom. The first-order valence-corrected chi connectivity index (χ1v) is 5.87. The first-order chi connectivity index (χ1) is 7.24. The first-order valence-electron chi connectivity index (χ1n) is 5.87. The summed E-state index contributed by atoms with van der Waals surface area (Å²) < 4.78 is 0. The topological polar surface area (TPSA) is 12.4 Å². The van der Waals surface area contributed by atoms with Gasteiger partial charge in [0.15, 0.2) is 0 Å². The van der Waals surface area contributed by atoms with Gasteiger partial charge in [-0.15, -0.1) is 0 Å². The molecule has 0 aliphatic heterocycles. The lowest BCUT2D eigenvalue weighted by atomic mass is 9.89. The largest absolute Gasteiger partial charge is 0.258 e. The molecule has 1 unspecified atom stereocenters. The van der Waals surface area contributed by atoms with Gasteiger partial charge in [0.2, 0.25) is 0 Å². The number of aliphatic imine (C=N–C) groups is 1. The van der Waals surface area contributed by atoms with E-state index in [0.717, 1.165) is 11.6 Å². The van der Waals surface area contributed by atoms with Crippen LogP contribution in [-0.4, -0.2) is 5.71 Å². The summed E-state index contributed by atoms with van der Waals surface area (Å²) in [6, 6.07) is 8.49. The number of hydrogen-bond acceptors (Lipinski definition) is 1. The van der Waals surface area contributed by atoms with Crippen molar-refractivity contribution < 1.29 is 0 Å². The highest BCUT2D eigenvalue weighted by Crippen LogP contribution is 2.24. The molecule has 1 fully saturated rings. The van der Waals surface area contributed by atoms with E-state index in [2.05, 4.69) is 38.1 Å². The van der Waals surface area contributed by atoms with Crippen molar-refractivity contribution in [2.45, 2.75) is 39.5 Å². The number of hydrogen-bond donors (Lipinski definition) is 0. The summed E-state index contributed by atoms with van der Waals surface area (Å²) in [5, 5.41) is 0. The Morgan fingerprint density at radius 3 is 2.60 bits per heavy atom. The number of aryl methyl sites for hydroxylation is 1. The molecule has 0 aromatic heterocycles. The highest BCUT2D eigenvalue weighted by molar-refractivity contribution is 5.87. The molecule has 1 saturated carbocycles. The van der Waals surface area contributed by atoms with Crippen molar-refractivity contribution in [1.82, 2.24) is 0 Å². The first kappa shape index (κ1) is 10.4. The fourth-order valence-electron chi connectivity index (χ4n) is 2.16. The molecule has 0 radical (unpaired) electrons. The molecule has 1 atom stereocenters. The Kier molecular flexibility index (Phi) is 3.20. The van der Waals surface area contributed by atoms with Crippen LogP contribution in [0.2, 0.25) is 0 Å². The normalized spacial score (nSPS) is 24.4. The molecule has 0 bridgehead atoms. The lowest BCUT2D eigenvalue weighted by molar-refractivity contribution is 0.500. The van der Waals surface area contributed by atoms with Gasteiger partial charge in [-0.25, -0.2) is 0 Å². The van der Waals surface area contributed by atoms with Gasteiger partial charge in [-0.2, -0.15) is 0 Å². The maximum absolute atomic E-state index is 4.73. The zero-order chi connectivity index (χ0) is 10.7. The average molecular weight is 201 g/mol. The lowest BCUT2D eigenvalue weighted by Gasteiger charge is -2.19. The standard InChI is InChI=1S/C14H19N/c1-11-6-8-13(9-7-11)15-14-5-3-4-12(2)10-14/h6-9,12H,3-5,10H2,1-2H3/b15-14+. The van der Waals surface area contributed by atoms with E-state index in [4.69, 9.17) is 4.99 Å². The van der Waals surface area contributed by atoms with Crippen molar-refractivity contribution in [3.8, 4) is 0 Å². The van der Waals surface area contributed by atoms with Crippen LogP contribution in [0.25, 0.3) is 0 Å². The summed E-state index contributed by atoms with van der Waals surface area (Å²) in [5.74, 6) is 0.822. The predicted octanol–water partition coefficient (Wildman–Crippen LogP) is 4.28. The van der Waals surface area contributed by atoms with E-state index in [9.17, 15) is 0 Å². The van der Waals surface area contributed by atoms with E-state index in [1.54, 1.807) is 0 Å². The van der Waals surface area contributed by atoms with Crippen LogP contribution in [0, 0.1) is 12.8 Å². The average Bonchev–Trinajstić information content (AvgIpc) is 2.22. The van der Waals surface area contributed by atoms with E-state index in [1.165, 1.54) is 37.0 Å². The third-order valence-electron chi connectivity index (χ3n) is 3.07. The van der Waals surface area contributed by atoms with E-state index in [1.807, 2.05) is 0 Å². The van der Waals surface area contributed by atoms with Crippen LogP contribution in [0.4, 0.5) is 5.69 Å². The van der Waals surface area contributed by atoms with Crippen molar-refractivity contribution in [1.29, 1.82) is 0 Å². The summed E-state index contributed by atoms with van der Waals surface area (Å²) in [7, 11) is 0. The summed E-state index contributed by atoms with van der Waals surface area (Å²) in [6.45, 7) is 4.43. The second-order valence-corrected chi connectivity index (χ2v) is 4.72. The maximum atomic E-state index is 4.73. The van der Waals surface area contributed by atoms with Gasteiger partial charge in [0.1, 0.15) is 0 Å². The molecule has 2 rings (SSSR count). The monoisotopic (exact) mass is 201 g/mol. The van der Waals surface area contributed by atoms with Gasteiger partial charge in [-0.3, -0.25) is 4.99 Å². The molecular weight excluding hydrogens is 182 g/mol. The molecule has 1 aliphatic rings. The molecule has 1 nitrogen and oxygen atoms in total. The fourth-order valence-corrected chi connectivity index (χ4v) is 2.16. The highest BCUT2D eigenvalue weighted by Gasteiger charge is 2.13. The highest BCUT2D eigenvalue weighted by atomic mass is 14.7. The quantitative estimate of drug-likeness (QED) is 0.643. The minimum Gasteiger partial charge on any atom is -0.258 e. The van der Waals surface area contributed by atoms with Crippen LogP contribution in [0.15, 0.2) is 29.3 Å². The Labute approximate surface area is 92.2 Å². The van der Waals surface area contributed by atoms with Crippen LogP contribution >= 0.6 is 0 Å². The minimum absolute atomic E-state index is 0.822. The van der Waals surface area contributed by atoms with Gasteiger partial charge in [0.05, 0.1) is 5.69 Å². The van der Waals surface area contributed by atoms with E-state index >= 15 is 0 Å². The number of nitrogens with zero attached hydrogens (tertiary/aromatic N) is 1. The van der Waals surface area contributed by atoms with Crippen LogP contribution in [0.3, 0.4) is 0 Å². The Balaban J connectivity index is 2.11. The molecule has 80 valence electrons. The zero-order valence-corrected chi connectivity index (χ0v) is 9.66. The Hall–Kier alpha value is -1.11. The summed E-state index contributed by atoms with van der Waals surface area (Å²) in [5.41, 5.74) is 3.80. The molecule has 0 N–H and O–H groups in total. The van der Waals surface area contributed by atoms with Crippen molar-refractivity contribution in [2.24, 2.45) is 10.9 Å². The Bertz CT molecular complexity index is 348. The molecule has 1 aliphatic carbocycles. The van der Waals surface area contributed by atoms with Crippen LogP contribution in [0.1, 0.15) is 38.2 Å². The third kappa shape index (κ3) is 2.92. The maximum Gasteiger partial charge on any atom is 0.0629 e. The minimum atomic E-state index is 0.822. The van der Waals surface area contributed by atoms with E-state index in [-0.39, 0.29) is 0 Å². The Morgan fingerprint density at radius 2 is 1.93 bits per heavy atom. The van der Waals surface area contributed by atoms with Crippen molar-refractivity contribution in [3.63, 3.8) is 0 Å². The summed E-state index contributed by atoms with van der Waals surface area (Å²) >= 11 is 0. The smallest absolute Gasteiger partial charge is 0.0629 e. The SMILES string of the molecule is Cc1ccc(/N=C2\CCCC(C)C2)cc1. The predicted molar refractivity (Wildman–Crippen MR) is 65.9 cm³/mol. The van der Waals surface area contributed by atoms with Crippen molar-refractivity contribution >= 4 is 11.4 Å². The van der Waals surface area contributed by atoms with Gasteiger partial charge >= 0.3 is 0 Å². The van der Waals surface area contributed by atoms with Gasteiger partial charge in [-0.05, 0) is 50.7 Å². The van der Waals surface area contributed by atoms with Crippen LogP contribution in [-0.2, 0) is 0 Å². The molecule has 1 heteroatoms. The molecule has 1 aromatic rings. The molecule has 0 heterocycles. The molecular formula is C14H19N. The molecule has 0 spiro atoms. The van der Waals surface area contributed by atoms with E-state index < -0.39 is 0 Å². The van der Waals surface area contributed by atoms with Crippen molar-refractivity contribution in [3.05, 3.63) is 29.8 Å². The molecule has 15 heavy (non-hydrogen) atoms. The number of rotatable bonds is 1. The van der Waals surface area contributed by atoms with Gasteiger partial charge in [-0.1, -0.05) is 24.6 Å². The second-order valence-electron chi connectivity index (χ2n) is 4.72. The molecule has 1 aromatic carbocycles.